The van der Waals surface area contributed by atoms with E-state index < -0.39 is 0 Å². The molecule has 0 aliphatic carbocycles. The van der Waals surface area contributed by atoms with Crippen molar-refractivity contribution in [3.05, 3.63) is 66.2 Å². The molecule has 1 aromatic carbocycles. The van der Waals surface area contributed by atoms with Gasteiger partial charge >= 0.3 is 0 Å². The van der Waals surface area contributed by atoms with Crippen LogP contribution in [0.2, 0.25) is 0 Å². The lowest BCUT2D eigenvalue weighted by atomic mass is 9.75. The average Bonchev–Trinajstić information content (AvgIpc) is 3.05. The number of aromatic nitrogens is 3. The maximum absolute atomic E-state index is 10.1. The monoisotopic (exact) mass is 336 g/mol. The van der Waals surface area contributed by atoms with E-state index >= 15 is 0 Å². The molecule has 2 aromatic heterocycles. The number of imidazole rings is 1. The Labute approximate surface area is 148 Å². The summed E-state index contributed by atoms with van der Waals surface area (Å²) in [6.07, 6.45) is 8.90. The Morgan fingerprint density at radius 3 is 2.84 bits per heavy atom. The summed E-state index contributed by atoms with van der Waals surface area (Å²) < 4.78 is 1.96. The number of nitrogens with zero attached hydrogens (tertiary/aromatic N) is 4. The van der Waals surface area contributed by atoms with E-state index in [0.717, 1.165) is 50.4 Å². The molecule has 0 saturated carbocycles. The van der Waals surface area contributed by atoms with Gasteiger partial charge < -0.3 is 5.11 Å². The fourth-order valence-corrected chi connectivity index (χ4v) is 3.99. The third kappa shape index (κ3) is 3.57. The van der Waals surface area contributed by atoms with Crippen LogP contribution in [0.4, 0.5) is 0 Å². The molecule has 0 radical (unpaired) electrons. The Balaban J connectivity index is 1.49. The standard InChI is InChI=1S/C20H24N4O/c25-16-20(12-17-6-2-1-3-7-17)8-4-10-23(15-20)13-18-14-24-11-5-9-21-19(24)22-18/h1-3,5-7,9,11,14,25H,4,8,10,12-13,15-16H2. The summed E-state index contributed by atoms with van der Waals surface area (Å²) in [6.45, 7) is 2.99. The minimum absolute atomic E-state index is 0.0585. The van der Waals surface area contributed by atoms with Gasteiger partial charge in [-0.3, -0.25) is 9.30 Å². The molecule has 1 N–H and O–H groups in total. The van der Waals surface area contributed by atoms with E-state index in [2.05, 4.69) is 45.3 Å². The second-order valence-corrected chi connectivity index (χ2v) is 7.19. The van der Waals surface area contributed by atoms with Crippen molar-refractivity contribution in [2.75, 3.05) is 19.7 Å². The first-order chi connectivity index (χ1) is 12.3. The van der Waals surface area contributed by atoms with Crippen molar-refractivity contribution >= 4 is 5.78 Å². The van der Waals surface area contributed by atoms with Gasteiger partial charge in [0, 0.05) is 37.1 Å². The molecule has 1 atom stereocenters. The van der Waals surface area contributed by atoms with Crippen molar-refractivity contribution < 1.29 is 5.11 Å². The molecule has 0 spiro atoms. The predicted octanol–water partition coefficient (Wildman–Crippen LogP) is 2.55. The summed E-state index contributed by atoms with van der Waals surface area (Å²) in [5.74, 6) is 0.743. The van der Waals surface area contributed by atoms with Gasteiger partial charge in [0.1, 0.15) is 0 Å². The second kappa shape index (κ2) is 6.94. The van der Waals surface area contributed by atoms with Crippen LogP contribution in [-0.4, -0.2) is 44.1 Å². The highest BCUT2D eigenvalue weighted by Gasteiger charge is 2.35. The number of aliphatic hydroxyl groups is 1. The second-order valence-electron chi connectivity index (χ2n) is 7.19. The third-order valence-electron chi connectivity index (χ3n) is 5.17. The normalized spacial score (nSPS) is 21.6. The average molecular weight is 336 g/mol. The zero-order valence-electron chi connectivity index (χ0n) is 14.4. The fraction of sp³-hybridized carbons (Fsp3) is 0.400. The minimum Gasteiger partial charge on any atom is -0.396 e. The molecule has 3 heterocycles. The maximum atomic E-state index is 10.1. The van der Waals surface area contributed by atoms with E-state index in [9.17, 15) is 5.11 Å². The summed E-state index contributed by atoms with van der Waals surface area (Å²) in [4.78, 5) is 11.3. The van der Waals surface area contributed by atoms with E-state index in [0.29, 0.717) is 0 Å². The highest BCUT2D eigenvalue weighted by molar-refractivity contribution is 5.29. The Morgan fingerprint density at radius 2 is 2.04 bits per heavy atom. The molecule has 1 saturated heterocycles. The number of piperidine rings is 1. The van der Waals surface area contributed by atoms with E-state index in [1.165, 1.54) is 5.56 Å². The Morgan fingerprint density at radius 1 is 1.16 bits per heavy atom. The van der Waals surface area contributed by atoms with E-state index in [-0.39, 0.29) is 12.0 Å². The van der Waals surface area contributed by atoms with Crippen molar-refractivity contribution in [2.45, 2.75) is 25.8 Å². The van der Waals surface area contributed by atoms with Crippen LogP contribution in [-0.2, 0) is 13.0 Å². The maximum Gasteiger partial charge on any atom is 0.233 e. The van der Waals surface area contributed by atoms with Crippen LogP contribution in [0.3, 0.4) is 0 Å². The Hall–Kier alpha value is -2.24. The van der Waals surface area contributed by atoms with Gasteiger partial charge in [-0.2, -0.15) is 0 Å². The van der Waals surface area contributed by atoms with E-state index in [1.54, 1.807) is 6.20 Å². The van der Waals surface area contributed by atoms with Gasteiger partial charge in [-0.25, -0.2) is 9.97 Å². The molecule has 130 valence electrons. The van der Waals surface area contributed by atoms with Crippen molar-refractivity contribution in [3.63, 3.8) is 0 Å². The van der Waals surface area contributed by atoms with Crippen LogP contribution in [0.1, 0.15) is 24.1 Å². The minimum atomic E-state index is -0.0585. The van der Waals surface area contributed by atoms with Gasteiger partial charge in [0.2, 0.25) is 5.78 Å². The summed E-state index contributed by atoms with van der Waals surface area (Å²) >= 11 is 0. The summed E-state index contributed by atoms with van der Waals surface area (Å²) in [5, 5.41) is 10.1. The first-order valence-corrected chi connectivity index (χ1v) is 8.92. The lowest BCUT2D eigenvalue weighted by Crippen LogP contribution is -2.46. The zero-order valence-corrected chi connectivity index (χ0v) is 14.4. The molecule has 25 heavy (non-hydrogen) atoms. The smallest absolute Gasteiger partial charge is 0.233 e. The van der Waals surface area contributed by atoms with Crippen LogP contribution in [0.5, 0.6) is 0 Å². The van der Waals surface area contributed by atoms with Crippen molar-refractivity contribution in [2.24, 2.45) is 5.41 Å². The first-order valence-electron chi connectivity index (χ1n) is 8.92. The van der Waals surface area contributed by atoms with Crippen LogP contribution < -0.4 is 0 Å². The quantitative estimate of drug-likeness (QED) is 0.778. The highest BCUT2D eigenvalue weighted by atomic mass is 16.3. The number of fused-ring (bicyclic) bond motifs is 1. The molecule has 4 rings (SSSR count). The fourth-order valence-electron chi connectivity index (χ4n) is 3.99. The van der Waals surface area contributed by atoms with Gasteiger partial charge in [0.15, 0.2) is 0 Å². The van der Waals surface area contributed by atoms with Crippen molar-refractivity contribution in [1.82, 2.24) is 19.3 Å². The topological polar surface area (TPSA) is 53.7 Å². The van der Waals surface area contributed by atoms with E-state index in [1.807, 2.05) is 22.7 Å². The van der Waals surface area contributed by atoms with Gasteiger partial charge in [-0.05, 0) is 37.4 Å². The SMILES string of the molecule is OCC1(Cc2ccccc2)CCCN(Cc2cn3cccnc3n2)C1. The molecule has 5 heteroatoms. The molecular formula is C20H24N4O. The molecule has 3 aromatic rings. The third-order valence-corrected chi connectivity index (χ3v) is 5.17. The van der Waals surface area contributed by atoms with Crippen LogP contribution in [0.15, 0.2) is 55.0 Å². The molecule has 1 fully saturated rings. The molecule has 1 unspecified atom stereocenters. The number of hydrogen-bond acceptors (Lipinski definition) is 4. The van der Waals surface area contributed by atoms with Gasteiger partial charge in [0.05, 0.1) is 12.3 Å². The number of aliphatic hydroxyl groups excluding tert-OH is 1. The van der Waals surface area contributed by atoms with Gasteiger partial charge in [-0.15, -0.1) is 0 Å². The molecular weight excluding hydrogens is 312 g/mol. The Bertz CT molecular complexity index is 799. The lowest BCUT2D eigenvalue weighted by Gasteiger charge is -2.42. The largest absolute Gasteiger partial charge is 0.396 e. The van der Waals surface area contributed by atoms with Crippen molar-refractivity contribution in [3.8, 4) is 0 Å². The molecule has 0 amide bonds. The van der Waals surface area contributed by atoms with Crippen molar-refractivity contribution in [1.29, 1.82) is 0 Å². The number of rotatable bonds is 5. The number of benzene rings is 1. The van der Waals surface area contributed by atoms with Gasteiger partial charge in [0.25, 0.3) is 0 Å². The highest BCUT2D eigenvalue weighted by Crippen LogP contribution is 2.34. The van der Waals surface area contributed by atoms with E-state index in [4.69, 9.17) is 0 Å². The molecule has 1 aliphatic rings. The van der Waals surface area contributed by atoms with Crippen LogP contribution in [0.25, 0.3) is 5.78 Å². The Kier molecular flexibility index (Phi) is 4.51. The van der Waals surface area contributed by atoms with Gasteiger partial charge in [-0.1, -0.05) is 30.3 Å². The zero-order chi connectivity index (χ0) is 17.1. The molecule has 5 nitrogen and oxygen atoms in total. The summed E-state index contributed by atoms with van der Waals surface area (Å²) in [6, 6.07) is 12.4. The number of likely N-dealkylation sites (tertiary alicyclic amines) is 1. The first kappa shape index (κ1) is 16.2. The summed E-state index contributed by atoms with van der Waals surface area (Å²) in [7, 11) is 0. The molecule has 1 aliphatic heterocycles. The van der Waals surface area contributed by atoms with Crippen LogP contribution in [0, 0.1) is 5.41 Å². The summed E-state index contributed by atoms with van der Waals surface area (Å²) in [5.41, 5.74) is 2.28. The van der Waals surface area contributed by atoms with Crippen LogP contribution >= 0.6 is 0 Å². The lowest BCUT2D eigenvalue weighted by molar-refractivity contribution is 0.0284. The number of hydrogen-bond donors (Lipinski definition) is 1. The molecule has 0 bridgehead atoms. The predicted molar refractivity (Wildman–Crippen MR) is 97.2 cm³/mol.